The van der Waals surface area contributed by atoms with Crippen molar-refractivity contribution < 1.29 is 33.0 Å². The molecule has 0 atom stereocenters. The molecular weight excluding hydrogens is 389 g/mol. The number of ether oxygens (including phenoxy) is 2. The average molecular weight is 407 g/mol. The lowest BCUT2D eigenvalue weighted by molar-refractivity contribution is -0.119. The van der Waals surface area contributed by atoms with Crippen molar-refractivity contribution in [2.45, 2.75) is 20.8 Å². The molecule has 0 unspecified atom stereocenters. The molecular formula is C19H18FNO6S. The molecule has 1 heterocycles. The average Bonchev–Trinajstić information content (AvgIpc) is 2.96. The Kier molecular flexibility index (Phi) is 7.00. The van der Waals surface area contributed by atoms with Crippen LogP contribution in [-0.4, -0.2) is 36.8 Å². The SMILES string of the molecule is CCOC(=O)c1c(NC(=O)COC(=O)c2ccc(F)cc2)sc(C(C)=O)c1C. The van der Waals surface area contributed by atoms with Gasteiger partial charge in [0, 0.05) is 0 Å². The van der Waals surface area contributed by atoms with E-state index in [1.807, 2.05) is 0 Å². The highest BCUT2D eigenvalue weighted by atomic mass is 32.1. The van der Waals surface area contributed by atoms with E-state index >= 15 is 0 Å². The third-order valence-corrected chi connectivity index (χ3v) is 4.92. The molecule has 2 aromatic rings. The standard InChI is InChI=1S/C19H18FNO6S/c1-4-26-19(25)15-10(2)16(11(3)22)28-17(15)21-14(23)9-27-18(24)12-5-7-13(20)8-6-12/h5-8H,4,9H2,1-3H3,(H,21,23). The number of carbonyl (C=O) groups excluding carboxylic acids is 4. The van der Waals surface area contributed by atoms with E-state index in [1.54, 1.807) is 13.8 Å². The van der Waals surface area contributed by atoms with Crippen LogP contribution in [0.5, 0.6) is 0 Å². The Labute approximate surface area is 164 Å². The number of esters is 2. The number of hydrogen-bond acceptors (Lipinski definition) is 7. The molecule has 1 amide bonds. The van der Waals surface area contributed by atoms with Gasteiger partial charge in [0.1, 0.15) is 10.8 Å². The highest BCUT2D eigenvalue weighted by Gasteiger charge is 2.25. The van der Waals surface area contributed by atoms with Gasteiger partial charge in [-0.25, -0.2) is 14.0 Å². The molecule has 0 bridgehead atoms. The maximum absolute atomic E-state index is 12.9. The van der Waals surface area contributed by atoms with Crippen LogP contribution in [0.25, 0.3) is 0 Å². The number of nitrogens with one attached hydrogen (secondary N) is 1. The maximum atomic E-state index is 12.9. The lowest BCUT2D eigenvalue weighted by Crippen LogP contribution is -2.21. The van der Waals surface area contributed by atoms with E-state index in [2.05, 4.69) is 5.32 Å². The fourth-order valence-corrected chi connectivity index (χ4v) is 3.46. The summed E-state index contributed by atoms with van der Waals surface area (Å²) in [5.74, 6) is -2.92. The summed E-state index contributed by atoms with van der Waals surface area (Å²) in [6.07, 6.45) is 0. The van der Waals surface area contributed by atoms with Crippen molar-refractivity contribution in [2.75, 3.05) is 18.5 Å². The number of carbonyl (C=O) groups is 4. The van der Waals surface area contributed by atoms with Gasteiger partial charge in [-0.2, -0.15) is 0 Å². The van der Waals surface area contributed by atoms with Gasteiger partial charge in [-0.15, -0.1) is 11.3 Å². The quantitative estimate of drug-likeness (QED) is 0.558. The Morgan fingerprint density at radius 3 is 2.29 bits per heavy atom. The van der Waals surface area contributed by atoms with Crippen LogP contribution in [0, 0.1) is 12.7 Å². The number of hydrogen-bond donors (Lipinski definition) is 1. The summed E-state index contributed by atoms with van der Waals surface area (Å²) in [5, 5.41) is 2.61. The minimum absolute atomic E-state index is 0.0900. The summed E-state index contributed by atoms with van der Waals surface area (Å²) in [5.41, 5.74) is 0.595. The number of halogens is 1. The van der Waals surface area contributed by atoms with Crippen LogP contribution in [0.1, 0.15) is 49.8 Å². The van der Waals surface area contributed by atoms with Gasteiger partial charge < -0.3 is 14.8 Å². The summed E-state index contributed by atoms with van der Waals surface area (Å²) < 4.78 is 22.7. The second kappa shape index (κ2) is 9.23. The Morgan fingerprint density at radius 1 is 1.07 bits per heavy atom. The van der Waals surface area contributed by atoms with Gasteiger partial charge in [0.2, 0.25) is 0 Å². The van der Waals surface area contributed by atoms with Crippen LogP contribution < -0.4 is 5.32 Å². The maximum Gasteiger partial charge on any atom is 0.341 e. The second-order valence-corrected chi connectivity index (χ2v) is 6.69. The summed E-state index contributed by atoms with van der Waals surface area (Å²) >= 11 is 0.945. The van der Waals surface area contributed by atoms with Crippen LogP contribution in [-0.2, 0) is 14.3 Å². The van der Waals surface area contributed by atoms with Gasteiger partial charge in [0.25, 0.3) is 5.91 Å². The van der Waals surface area contributed by atoms with E-state index < -0.39 is 30.3 Å². The van der Waals surface area contributed by atoms with E-state index in [9.17, 15) is 23.6 Å². The lowest BCUT2D eigenvalue weighted by atomic mass is 10.1. The number of Topliss-reactive ketones (excluding diaryl/α,β-unsaturated/α-hetero) is 1. The van der Waals surface area contributed by atoms with E-state index in [4.69, 9.17) is 9.47 Å². The smallest absolute Gasteiger partial charge is 0.341 e. The van der Waals surface area contributed by atoms with Crippen molar-refractivity contribution in [2.24, 2.45) is 0 Å². The van der Waals surface area contributed by atoms with Crippen molar-refractivity contribution >= 4 is 40.0 Å². The first kappa shape index (κ1) is 21.2. The lowest BCUT2D eigenvalue weighted by Gasteiger charge is -2.08. The third-order valence-electron chi connectivity index (χ3n) is 3.61. The van der Waals surface area contributed by atoms with E-state index in [0.29, 0.717) is 10.4 Å². The van der Waals surface area contributed by atoms with Gasteiger partial charge in [-0.1, -0.05) is 0 Å². The molecule has 7 nitrogen and oxygen atoms in total. The number of ketones is 1. The molecule has 0 aliphatic carbocycles. The normalized spacial score (nSPS) is 10.3. The number of rotatable bonds is 7. The second-order valence-electron chi connectivity index (χ2n) is 5.67. The molecule has 0 saturated heterocycles. The van der Waals surface area contributed by atoms with Crippen molar-refractivity contribution in [1.29, 1.82) is 0 Å². The van der Waals surface area contributed by atoms with E-state index in [1.165, 1.54) is 19.1 Å². The monoisotopic (exact) mass is 407 g/mol. The molecule has 0 saturated carbocycles. The van der Waals surface area contributed by atoms with Gasteiger partial charge in [-0.3, -0.25) is 9.59 Å². The largest absolute Gasteiger partial charge is 0.462 e. The van der Waals surface area contributed by atoms with Crippen LogP contribution >= 0.6 is 11.3 Å². The molecule has 1 N–H and O–H groups in total. The molecule has 0 fully saturated rings. The molecule has 0 spiro atoms. The third kappa shape index (κ3) is 5.01. The number of benzene rings is 1. The first-order valence-electron chi connectivity index (χ1n) is 8.28. The highest BCUT2D eigenvalue weighted by Crippen LogP contribution is 2.34. The van der Waals surface area contributed by atoms with Gasteiger partial charge in [0.15, 0.2) is 12.4 Å². The zero-order valence-electron chi connectivity index (χ0n) is 15.5. The molecule has 1 aromatic heterocycles. The Balaban J connectivity index is 2.11. The molecule has 2 rings (SSSR count). The van der Waals surface area contributed by atoms with Crippen LogP contribution in [0.3, 0.4) is 0 Å². The van der Waals surface area contributed by atoms with Crippen molar-refractivity contribution in [3.63, 3.8) is 0 Å². The molecule has 0 aliphatic rings. The Morgan fingerprint density at radius 2 is 1.71 bits per heavy atom. The van der Waals surface area contributed by atoms with Crippen LogP contribution in [0.2, 0.25) is 0 Å². The molecule has 1 aromatic carbocycles. The number of amides is 1. The summed E-state index contributed by atoms with van der Waals surface area (Å²) in [4.78, 5) is 48.3. The van der Waals surface area contributed by atoms with Crippen LogP contribution in [0.4, 0.5) is 9.39 Å². The number of thiophene rings is 1. The fourth-order valence-electron chi connectivity index (χ4n) is 2.35. The van der Waals surface area contributed by atoms with Gasteiger partial charge in [0.05, 0.1) is 22.6 Å². The zero-order valence-corrected chi connectivity index (χ0v) is 16.3. The summed E-state index contributed by atoms with van der Waals surface area (Å²) in [7, 11) is 0. The first-order chi connectivity index (χ1) is 13.2. The minimum atomic E-state index is -0.799. The molecule has 9 heteroatoms. The summed E-state index contributed by atoms with van der Waals surface area (Å²) in [6.45, 7) is 4.09. The zero-order chi connectivity index (χ0) is 20.8. The Hall–Kier alpha value is -3.07. The highest BCUT2D eigenvalue weighted by molar-refractivity contribution is 7.18. The van der Waals surface area contributed by atoms with Crippen molar-refractivity contribution in [1.82, 2.24) is 0 Å². The molecule has 0 aliphatic heterocycles. The minimum Gasteiger partial charge on any atom is -0.462 e. The van der Waals surface area contributed by atoms with Crippen molar-refractivity contribution in [3.05, 3.63) is 51.7 Å². The predicted molar refractivity (Wildman–Crippen MR) is 100 cm³/mol. The first-order valence-corrected chi connectivity index (χ1v) is 9.10. The van der Waals surface area contributed by atoms with Gasteiger partial charge in [-0.05, 0) is 50.6 Å². The molecule has 28 heavy (non-hydrogen) atoms. The van der Waals surface area contributed by atoms with Crippen LogP contribution in [0.15, 0.2) is 24.3 Å². The number of anilines is 1. The summed E-state index contributed by atoms with van der Waals surface area (Å²) in [6, 6.07) is 4.66. The molecule has 148 valence electrons. The topological polar surface area (TPSA) is 98.8 Å². The van der Waals surface area contributed by atoms with E-state index in [-0.39, 0.29) is 28.5 Å². The van der Waals surface area contributed by atoms with Crippen molar-refractivity contribution in [3.8, 4) is 0 Å². The van der Waals surface area contributed by atoms with Gasteiger partial charge >= 0.3 is 11.9 Å². The van der Waals surface area contributed by atoms with E-state index in [0.717, 1.165) is 23.5 Å². The molecule has 0 radical (unpaired) electrons. The predicted octanol–water partition coefficient (Wildman–Crippen LogP) is 3.37. The Bertz CT molecular complexity index is 919. The fraction of sp³-hybridized carbons (Fsp3) is 0.263.